The molecule has 0 aliphatic carbocycles. The minimum atomic E-state index is -0.868. The van der Waals surface area contributed by atoms with Crippen molar-refractivity contribution in [3.05, 3.63) is 0 Å². The van der Waals surface area contributed by atoms with E-state index in [9.17, 15) is 4.79 Å². The normalized spacial score (nSPS) is 14.2. The summed E-state index contributed by atoms with van der Waals surface area (Å²) in [7, 11) is 1.63. The van der Waals surface area contributed by atoms with Gasteiger partial charge in [-0.05, 0) is 27.2 Å². The Morgan fingerprint density at radius 3 is 2.54 bits per heavy atom. The molecule has 4 nitrogen and oxygen atoms in total. The predicted octanol–water partition coefficient (Wildman–Crippen LogP) is 0.864. The van der Waals surface area contributed by atoms with Crippen LogP contribution in [0.15, 0.2) is 0 Å². The molecule has 0 heterocycles. The Kier molecular flexibility index (Phi) is 4.95. The smallest absolute Gasteiger partial charge is 0.323 e. The first-order valence-electron chi connectivity index (χ1n) is 4.40. The molecule has 0 amide bonds. The first kappa shape index (κ1) is 12.4. The van der Waals surface area contributed by atoms with Crippen molar-refractivity contribution in [1.82, 2.24) is 5.32 Å². The molecule has 0 rings (SSSR count). The van der Waals surface area contributed by atoms with Gasteiger partial charge >= 0.3 is 5.97 Å². The van der Waals surface area contributed by atoms with Gasteiger partial charge in [-0.2, -0.15) is 0 Å². The van der Waals surface area contributed by atoms with Crippen LogP contribution in [0.4, 0.5) is 0 Å². The van der Waals surface area contributed by atoms with Gasteiger partial charge in [-0.25, -0.2) is 0 Å². The number of carbonyl (C=O) groups is 1. The molecular formula is C9H19NO3. The van der Waals surface area contributed by atoms with Crippen LogP contribution < -0.4 is 5.32 Å². The fourth-order valence-electron chi connectivity index (χ4n) is 1.04. The van der Waals surface area contributed by atoms with E-state index >= 15 is 0 Å². The van der Waals surface area contributed by atoms with Crippen molar-refractivity contribution in [2.75, 3.05) is 13.7 Å². The quantitative estimate of drug-likeness (QED) is 0.650. The third-order valence-corrected chi connectivity index (χ3v) is 1.90. The first-order chi connectivity index (χ1) is 5.90. The Bertz CT molecular complexity index is 168. The number of rotatable bonds is 6. The fraction of sp³-hybridized carbons (Fsp3) is 0.889. The van der Waals surface area contributed by atoms with Crippen LogP contribution in [0.3, 0.4) is 0 Å². The van der Waals surface area contributed by atoms with E-state index in [0.29, 0.717) is 6.61 Å². The van der Waals surface area contributed by atoms with Gasteiger partial charge in [-0.15, -0.1) is 0 Å². The van der Waals surface area contributed by atoms with E-state index < -0.39 is 11.5 Å². The van der Waals surface area contributed by atoms with Gasteiger partial charge in [-0.3, -0.25) is 10.1 Å². The molecule has 0 radical (unpaired) electrons. The second-order valence-corrected chi connectivity index (χ2v) is 3.76. The molecule has 1 atom stereocenters. The topological polar surface area (TPSA) is 58.6 Å². The van der Waals surface area contributed by atoms with E-state index in [0.717, 1.165) is 6.42 Å². The van der Waals surface area contributed by atoms with Gasteiger partial charge in [0.15, 0.2) is 0 Å². The summed E-state index contributed by atoms with van der Waals surface area (Å²) in [5.74, 6) is -0.836. The van der Waals surface area contributed by atoms with E-state index in [-0.39, 0.29) is 6.04 Å². The zero-order valence-electron chi connectivity index (χ0n) is 8.76. The van der Waals surface area contributed by atoms with Gasteiger partial charge in [0.25, 0.3) is 0 Å². The Morgan fingerprint density at radius 1 is 1.62 bits per heavy atom. The van der Waals surface area contributed by atoms with Crippen molar-refractivity contribution in [1.29, 1.82) is 0 Å². The zero-order chi connectivity index (χ0) is 10.5. The van der Waals surface area contributed by atoms with Crippen LogP contribution in [-0.2, 0) is 9.53 Å². The summed E-state index contributed by atoms with van der Waals surface area (Å²) in [6, 6.07) is 0.144. The van der Waals surface area contributed by atoms with Crippen molar-refractivity contribution in [2.45, 2.75) is 38.8 Å². The van der Waals surface area contributed by atoms with Gasteiger partial charge in [0.1, 0.15) is 5.54 Å². The summed E-state index contributed by atoms with van der Waals surface area (Å²) in [6.07, 6.45) is 0.813. The molecule has 0 saturated heterocycles. The lowest BCUT2D eigenvalue weighted by atomic mass is 10.0. The summed E-state index contributed by atoms with van der Waals surface area (Å²) in [6.45, 7) is 5.89. The second kappa shape index (κ2) is 5.19. The highest BCUT2D eigenvalue weighted by Gasteiger charge is 2.27. The van der Waals surface area contributed by atoms with E-state index in [1.54, 1.807) is 21.0 Å². The lowest BCUT2D eigenvalue weighted by molar-refractivity contribution is -0.143. The van der Waals surface area contributed by atoms with Crippen LogP contribution in [0.25, 0.3) is 0 Å². The fourth-order valence-corrected chi connectivity index (χ4v) is 1.04. The summed E-state index contributed by atoms with van der Waals surface area (Å²) >= 11 is 0. The largest absolute Gasteiger partial charge is 0.480 e. The third-order valence-electron chi connectivity index (χ3n) is 1.90. The molecule has 0 aliphatic heterocycles. The van der Waals surface area contributed by atoms with Gasteiger partial charge in [0, 0.05) is 19.8 Å². The number of methoxy groups -OCH3 is 1. The average Bonchev–Trinajstić information content (AvgIpc) is 1.99. The molecule has 0 saturated carbocycles. The first-order valence-corrected chi connectivity index (χ1v) is 4.40. The van der Waals surface area contributed by atoms with Gasteiger partial charge in [0.2, 0.25) is 0 Å². The van der Waals surface area contributed by atoms with E-state index in [4.69, 9.17) is 9.84 Å². The summed E-state index contributed by atoms with van der Waals surface area (Å²) in [5, 5.41) is 11.8. The monoisotopic (exact) mass is 189 g/mol. The summed E-state index contributed by atoms with van der Waals surface area (Å²) < 4.78 is 4.90. The van der Waals surface area contributed by atoms with E-state index in [1.807, 2.05) is 6.92 Å². The van der Waals surface area contributed by atoms with Crippen molar-refractivity contribution in [2.24, 2.45) is 0 Å². The molecule has 1 unspecified atom stereocenters. The van der Waals surface area contributed by atoms with Crippen molar-refractivity contribution in [3.8, 4) is 0 Å². The van der Waals surface area contributed by atoms with Crippen LogP contribution in [0, 0.1) is 0 Å². The maximum atomic E-state index is 10.7. The molecule has 0 aromatic rings. The highest BCUT2D eigenvalue weighted by Crippen LogP contribution is 2.05. The lowest BCUT2D eigenvalue weighted by Crippen LogP contribution is -2.50. The van der Waals surface area contributed by atoms with Crippen LogP contribution in [-0.4, -0.2) is 36.4 Å². The highest BCUT2D eigenvalue weighted by molar-refractivity contribution is 5.77. The van der Waals surface area contributed by atoms with Crippen LogP contribution in [0.1, 0.15) is 27.2 Å². The molecule has 0 spiro atoms. The minimum absolute atomic E-state index is 0.144. The molecule has 0 aromatic carbocycles. The standard InChI is InChI=1S/C9H19NO3/c1-7(5-6-13-4)10-9(2,3)8(11)12/h7,10H,5-6H2,1-4H3,(H,11,12). The molecule has 0 aliphatic rings. The number of carboxylic acids is 1. The molecule has 13 heavy (non-hydrogen) atoms. The number of carboxylic acid groups (broad SMARTS) is 1. The number of nitrogens with one attached hydrogen (secondary N) is 1. The highest BCUT2D eigenvalue weighted by atomic mass is 16.5. The van der Waals surface area contributed by atoms with Crippen LogP contribution in [0.2, 0.25) is 0 Å². The SMILES string of the molecule is COCCC(C)NC(C)(C)C(=O)O. The molecule has 2 N–H and O–H groups in total. The zero-order valence-corrected chi connectivity index (χ0v) is 8.76. The van der Waals surface area contributed by atoms with Crippen molar-refractivity contribution < 1.29 is 14.6 Å². The Morgan fingerprint density at radius 2 is 2.15 bits per heavy atom. The number of hydrogen-bond donors (Lipinski definition) is 2. The number of aliphatic carboxylic acids is 1. The van der Waals surface area contributed by atoms with E-state index in [1.165, 1.54) is 0 Å². The molecule has 0 fully saturated rings. The minimum Gasteiger partial charge on any atom is -0.480 e. The maximum absolute atomic E-state index is 10.7. The van der Waals surface area contributed by atoms with Crippen molar-refractivity contribution in [3.63, 3.8) is 0 Å². The molecular weight excluding hydrogens is 170 g/mol. The summed E-state index contributed by atoms with van der Waals surface area (Å²) in [5.41, 5.74) is -0.868. The van der Waals surface area contributed by atoms with Crippen LogP contribution >= 0.6 is 0 Å². The molecule has 78 valence electrons. The maximum Gasteiger partial charge on any atom is 0.323 e. The molecule has 0 aromatic heterocycles. The second-order valence-electron chi connectivity index (χ2n) is 3.76. The van der Waals surface area contributed by atoms with Gasteiger partial charge < -0.3 is 9.84 Å². The Hall–Kier alpha value is -0.610. The third kappa shape index (κ3) is 4.85. The Balaban J connectivity index is 3.89. The molecule has 0 bridgehead atoms. The molecule has 4 heteroatoms. The van der Waals surface area contributed by atoms with Crippen LogP contribution in [0.5, 0.6) is 0 Å². The predicted molar refractivity (Wildman–Crippen MR) is 50.8 cm³/mol. The lowest BCUT2D eigenvalue weighted by Gasteiger charge is -2.25. The Labute approximate surface area is 79.3 Å². The van der Waals surface area contributed by atoms with E-state index in [2.05, 4.69) is 5.32 Å². The van der Waals surface area contributed by atoms with Crippen molar-refractivity contribution >= 4 is 5.97 Å². The van der Waals surface area contributed by atoms with Gasteiger partial charge in [-0.1, -0.05) is 0 Å². The summed E-state index contributed by atoms with van der Waals surface area (Å²) in [4.78, 5) is 10.7. The van der Waals surface area contributed by atoms with Gasteiger partial charge in [0.05, 0.1) is 0 Å². The number of ether oxygens (including phenoxy) is 1. The number of hydrogen-bond acceptors (Lipinski definition) is 3. The average molecular weight is 189 g/mol.